The molecule has 0 fully saturated rings. The van der Waals surface area contributed by atoms with Crippen LogP contribution in [0, 0.1) is 0 Å². The maximum atomic E-state index is 12.5. The summed E-state index contributed by atoms with van der Waals surface area (Å²) in [5.74, 6) is -0.105. The van der Waals surface area contributed by atoms with Crippen molar-refractivity contribution in [3.63, 3.8) is 0 Å². The van der Waals surface area contributed by atoms with Gasteiger partial charge in [-0.2, -0.15) is 0 Å². The first kappa shape index (κ1) is 16.9. The van der Waals surface area contributed by atoms with Crippen LogP contribution in [0.2, 0.25) is 0 Å². The summed E-state index contributed by atoms with van der Waals surface area (Å²) in [6, 6.07) is 8.34. The lowest BCUT2D eigenvalue weighted by Crippen LogP contribution is -2.23. The lowest BCUT2D eigenvalue weighted by molar-refractivity contribution is -0.116. The van der Waals surface area contributed by atoms with Gasteiger partial charge in [-0.05, 0) is 29.8 Å². The van der Waals surface area contributed by atoms with Gasteiger partial charge in [0.05, 0.1) is 10.6 Å². The third-order valence-corrected chi connectivity index (χ3v) is 6.10. The van der Waals surface area contributed by atoms with Gasteiger partial charge in [-0.3, -0.25) is 9.78 Å². The molecule has 2 heterocycles. The van der Waals surface area contributed by atoms with E-state index >= 15 is 0 Å². The predicted octanol–water partition coefficient (Wildman–Crippen LogP) is 2.38. The molecule has 2 aromatic rings. The molecule has 126 valence electrons. The molecule has 0 saturated heterocycles. The molecule has 0 spiro atoms. The summed E-state index contributed by atoms with van der Waals surface area (Å²) in [7, 11) is -3.67. The van der Waals surface area contributed by atoms with E-state index in [2.05, 4.69) is 15.0 Å². The molecule has 1 amide bonds. The molecule has 2 N–H and O–H groups in total. The number of thioether (sulfide) groups is 1. The van der Waals surface area contributed by atoms with E-state index in [9.17, 15) is 13.2 Å². The van der Waals surface area contributed by atoms with Gasteiger partial charge in [0.25, 0.3) is 0 Å². The van der Waals surface area contributed by atoms with E-state index in [1.165, 1.54) is 6.07 Å². The van der Waals surface area contributed by atoms with Crippen molar-refractivity contribution in [2.45, 2.75) is 34.9 Å². The molecule has 8 heteroatoms. The lowest BCUT2D eigenvalue weighted by Gasteiger charge is -2.11. The smallest absolute Gasteiger partial charge is 0.240 e. The third-order valence-electron chi connectivity index (χ3n) is 3.53. The highest BCUT2D eigenvalue weighted by Crippen LogP contribution is 2.36. The zero-order valence-corrected chi connectivity index (χ0v) is 14.7. The Balaban J connectivity index is 1.82. The Morgan fingerprint density at radius 3 is 2.96 bits per heavy atom. The molecular weight excluding hydrogens is 346 g/mol. The fraction of sp³-hybridized carbons (Fsp3) is 0.250. The second-order valence-electron chi connectivity index (χ2n) is 5.52. The first-order valence-corrected chi connectivity index (χ1v) is 9.79. The SMILES string of the molecule is CC1CC(=O)Nc2cc(S(=O)(=O)NCc3cccnc3)ccc2S1. The van der Waals surface area contributed by atoms with Crippen molar-refractivity contribution in [2.75, 3.05) is 5.32 Å². The molecule has 1 atom stereocenters. The number of sulfonamides is 1. The van der Waals surface area contributed by atoms with Crippen LogP contribution in [0.1, 0.15) is 18.9 Å². The normalized spacial score (nSPS) is 17.7. The molecular formula is C16H17N3O3S2. The minimum absolute atomic E-state index is 0.105. The first-order chi connectivity index (χ1) is 11.4. The Bertz CT molecular complexity index is 854. The van der Waals surface area contributed by atoms with Crippen molar-refractivity contribution < 1.29 is 13.2 Å². The highest BCUT2D eigenvalue weighted by Gasteiger charge is 2.22. The van der Waals surface area contributed by atoms with Crippen LogP contribution in [0.3, 0.4) is 0 Å². The summed E-state index contributed by atoms with van der Waals surface area (Å²) in [6.07, 6.45) is 3.64. The number of carbonyl (C=O) groups is 1. The van der Waals surface area contributed by atoms with Crippen LogP contribution in [-0.4, -0.2) is 24.6 Å². The number of amides is 1. The van der Waals surface area contributed by atoms with Gasteiger partial charge < -0.3 is 5.32 Å². The molecule has 1 aliphatic rings. The van der Waals surface area contributed by atoms with Crippen LogP contribution < -0.4 is 10.0 Å². The zero-order valence-electron chi connectivity index (χ0n) is 13.0. The molecule has 0 aliphatic carbocycles. The van der Waals surface area contributed by atoms with E-state index in [1.807, 2.05) is 6.92 Å². The molecule has 1 aromatic heterocycles. The van der Waals surface area contributed by atoms with E-state index in [1.54, 1.807) is 48.4 Å². The van der Waals surface area contributed by atoms with Crippen LogP contribution in [0.5, 0.6) is 0 Å². The molecule has 3 rings (SSSR count). The molecule has 1 aliphatic heterocycles. The maximum absolute atomic E-state index is 12.5. The number of fused-ring (bicyclic) bond motifs is 1. The van der Waals surface area contributed by atoms with E-state index in [4.69, 9.17) is 0 Å². The molecule has 1 unspecified atom stereocenters. The molecule has 0 radical (unpaired) electrons. The number of pyridine rings is 1. The monoisotopic (exact) mass is 363 g/mol. The molecule has 6 nitrogen and oxygen atoms in total. The summed E-state index contributed by atoms with van der Waals surface area (Å²) in [6.45, 7) is 2.13. The average Bonchev–Trinajstić information content (AvgIpc) is 2.69. The molecule has 24 heavy (non-hydrogen) atoms. The number of nitrogens with zero attached hydrogens (tertiary/aromatic N) is 1. The fourth-order valence-corrected chi connectivity index (χ4v) is 4.46. The average molecular weight is 363 g/mol. The van der Waals surface area contributed by atoms with Crippen LogP contribution >= 0.6 is 11.8 Å². The quantitative estimate of drug-likeness (QED) is 0.871. The third kappa shape index (κ3) is 3.95. The van der Waals surface area contributed by atoms with E-state index in [-0.39, 0.29) is 22.6 Å². The number of benzene rings is 1. The van der Waals surface area contributed by atoms with Crippen LogP contribution in [0.4, 0.5) is 5.69 Å². The molecule has 0 saturated carbocycles. The minimum Gasteiger partial charge on any atom is -0.325 e. The number of hydrogen-bond donors (Lipinski definition) is 2. The van der Waals surface area contributed by atoms with Crippen molar-refractivity contribution in [3.8, 4) is 0 Å². The number of nitrogens with one attached hydrogen (secondary N) is 2. The Hall–Kier alpha value is -1.90. The maximum Gasteiger partial charge on any atom is 0.240 e. The highest BCUT2D eigenvalue weighted by atomic mass is 32.2. The number of rotatable bonds is 4. The number of anilines is 1. The summed E-state index contributed by atoms with van der Waals surface area (Å²) in [5, 5.41) is 2.93. The number of hydrogen-bond acceptors (Lipinski definition) is 5. The Kier molecular flexibility index (Phi) is 4.88. The summed E-state index contributed by atoms with van der Waals surface area (Å²) in [5.41, 5.74) is 1.31. The first-order valence-electron chi connectivity index (χ1n) is 7.43. The van der Waals surface area contributed by atoms with Gasteiger partial charge in [-0.15, -0.1) is 11.8 Å². The lowest BCUT2D eigenvalue weighted by atomic mass is 10.3. The minimum atomic E-state index is -3.67. The highest BCUT2D eigenvalue weighted by molar-refractivity contribution is 8.00. The van der Waals surface area contributed by atoms with E-state index in [0.29, 0.717) is 12.1 Å². The fourth-order valence-electron chi connectivity index (χ4n) is 2.36. The van der Waals surface area contributed by atoms with Crippen molar-refractivity contribution >= 4 is 33.4 Å². The van der Waals surface area contributed by atoms with Gasteiger partial charge in [0.1, 0.15) is 0 Å². The van der Waals surface area contributed by atoms with Crippen molar-refractivity contribution in [1.29, 1.82) is 0 Å². The summed E-state index contributed by atoms with van der Waals surface area (Å²) >= 11 is 1.56. The zero-order chi connectivity index (χ0) is 17.2. The van der Waals surface area contributed by atoms with E-state index in [0.717, 1.165) is 10.5 Å². The largest absolute Gasteiger partial charge is 0.325 e. The van der Waals surface area contributed by atoms with Crippen molar-refractivity contribution in [1.82, 2.24) is 9.71 Å². The Labute approximate surface area is 145 Å². The molecule has 0 bridgehead atoms. The number of aromatic nitrogens is 1. The molecule has 1 aromatic carbocycles. The van der Waals surface area contributed by atoms with Crippen LogP contribution in [-0.2, 0) is 21.4 Å². The Morgan fingerprint density at radius 1 is 1.38 bits per heavy atom. The van der Waals surface area contributed by atoms with Crippen molar-refractivity contribution in [2.24, 2.45) is 0 Å². The van der Waals surface area contributed by atoms with Gasteiger partial charge >= 0.3 is 0 Å². The van der Waals surface area contributed by atoms with Gasteiger partial charge in [0.15, 0.2) is 0 Å². The van der Waals surface area contributed by atoms with Crippen LogP contribution in [0.25, 0.3) is 0 Å². The van der Waals surface area contributed by atoms with Gasteiger partial charge in [-0.25, -0.2) is 13.1 Å². The van der Waals surface area contributed by atoms with Gasteiger partial charge in [0, 0.05) is 35.5 Å². The predicted molar refractivity (Wildman–Crippen MR) is 93.3 cm³/mol. The second-order valence-corrected chi connectivity index (χ2v) is 8.77. The van der Waals surface area contributed by atoms with Gasteiger partial charge in [0.2, 0.25) is 15.9 Å². The number of carbonyl (C=O) groups excluding carboxylic acids is 1. The standard InChI is InChI=1S/C16H17N3O3S2/c1-11-7-16(20)19-14-8-13(4-5-15(14)23-11)24(21,22)18-10-12-3-2-6-17-9-12/h2-6,8-9,11,18H,7,10H2,1H3,(H,19,20). The second kappa shape index (κ2) is 6.92. The summed E-state index contributed by atoms with van der Waals surface area (Å²) < 4.78 is 27.5. The summed E-state index contributed by atoms with van der Waals surface area (Å²) in [4.78, 5) is 16.8. The van der Waals surface area contributed by atoms with Crippen LogP contribution in [0.15, 0.2) is 52.5 Å². The Morgan fingerprint density at radius 2 is 2.21 bits per heavy atom. The topological polar surface area (TPSA) is 88.2 Å². The van der Waals surface area contributed by atoms with E-state index < -0.39 is 10.0 Å². The van der Waals surface area contributed by atoms with Crippen molar-refractivity contribution in [3.05, 3.63) is 48.3 Å². The van der Waals surface area contributed by atoms with Gasteiger partial charge in [-0.1, -0.05) is 13.0 Å².